The Balaban J connectivity index is 1.40. The molecule has 0 spiro atoms. The van der Waals surface area contributed by atoms with E-state index in [0.29, 0.717) is 45.2 Å². The van der Waals surface area contributed by atoms with Gasteiger partial charge in [0.2, 0.25) is 17.7 Å². The molecule has 1 aromatic heterocycles. The van der Waals surface area contributed by atoms with Crippen LogP contribution in [-0.4, -0.2) is 96.6 Å². The molecular weight excluding hydrogens is 502 g/mol. The minimum atomic E-state index is -0.940. The van der Waals surface area contributed by atoms with Gasteiger partial charge in [-0.2, -0.15) is 0 Å². The summed E-state index contributed by atoms with van der Waals surface area (Å²) in [5.41, 5.74) is -0.0507. The molecule has 3 heterocycles. The molecule has 0 aromatic carbocycles. The highest BCUT2D eigenvalue weighted by atomic mass is 16.6. The Bertz CT molecular complexity index is 1000. The minimum absolute atomic E-state index is 0.125. The summed E-state index contributed by atoms with van der Waals surface area (Å²) in [4.78, 5) is 58.4. The number of ketones is 1. The number of aromatic nitrogens is 1. The van der Waals surface area contributed by atoms with Crippen LogP contribution in [0.1, 0.15) is 51.5 Å². The fourth-order valence-corrected chi connectivity index (χ4v) is 5.28. The second-order valence-corrected chi connectivity index (χ2v) is 11.1. The van der Waals surface area contributed by atoms with Gasteiger partial charge in [0, 0.05) is 31.9 Å². The molecule has 214 valence electrons. The number of nitrogens with zero attached hydrogens (tertiary/aromatic N) is 2. The predicted molar refractivity (Wildman–Crippen MR) is 143 cm³/mol. The highest BCUT2D eigenvalue weighted by Gasteiger charge is 2.50. The van der Waals surface area contributed by atoms with Crippen molar-refractivity contribution in [3.8, 4) is 0 Å². The van der Waals surface area contributed by atoms with Crippen molar-refractivity contribution in [2.45, 2.75) is 76.1 Å². The quantitative estimate of drug-likeness (QED) is 0.303. The smallest absolute Gasteiger partial charge is 0.243 e. The average molecular weight is 544 g/mol. The Labute approximate surface area is 229 Å². The maximum Gasteiger partial charge on any atom is 0.243 e. The normalized spacial score (nSPS) is 23.8. The molecule has 4 atom stereocenters. The predicted octanol–water partition coefficient (Wildman–Crippen LogP) is 0.369. The van der Waals surface area contributed by atoms with Crippen molar-refractivity contribution in [3.05, 3.63) is 30.1 Å². The molecule has 2 aliphatic heterocycles. The lowest BCUT2D eigenvalue weighted by Crippen LogP contribution is -2.57. The SMILES string of the molecule is CC(NC(=O)CN1CCOCC1)C(=O)NC(Cc1ccncc1)C(=O)NC(CC1CCCC1)C(=O)C1(C)CO1. The fourth-order valence-electron chi connectivity index (χ4n) is 5.28. The van der Waals surface area contributed by atoms with Gasteiger partial charge in [0.15, 0.2) is 5.78 Å². The zero-order valence-electron chi connectivity index (χ0n) is 22.9. The van der Waals surface area contributed by atoms with E-state index in [1.807, 2.05) is 4.90 Å². The molecule has 2 saturated heterocycles. The van der Waals surface area contributed by atoms with E-state index in [4.69, 9.17) is 9.47 Å². The summed E-state index contributed by atoms with van der Waals surface area (Å²) >= 11 is 0. The second kappa shape index (κ2) is 13.5. The molecule has 11 heteroatoms. The number of hydrogen-bond donors (Lipinski definition) is 3. The summed E-state index contributed by atoms with van der Waals surface area (Å²) in [6.45, 7) is 6.33. The lowest BCUT2D eigenvalue weighted by molar-refractivity contribution is -0.134. The first kappa shape index (κ1) is 29.1. The topological polar surface area (TPSA) is 142 Å². The van der Waals surface area contributed by atoms with E-state index in [0.717, 1.165) is 31.2 Å². The van der Waals surface area contributed by atoms with E-state index in [9.17, 15) is 19.2 Å². The molecular formula is C28H41N5O6. The molecule has 4 rings (SSSR count). The first-order valence-corrected chi connectivity index (χ1v) is 14.0. The van der Waals surface area contributed by atoms with Gasteiger partial charge in [0.1, 0.15) is 17.7 Å². The molecule has 3 N–H and O–H groups in total. The van der Waals surface area contributed by atoms with Gasteiger partial charge in [0.25, 0.3) is 0 Å². The van der Waals surface area contributed by atoms with Gasteiger partial charge in [-0.15, -0.1) is 0 Å². The Morgan fingerprint density at radius 2 is 1.67 bits per heavy atom. The van der Waals surface area contributed by atoms with Crippen LogP contribution < -0.4 is 16.0 Å². The summed E-state index contributed by atoms with van der Waals surface area (Å²) in [5.74, 6) is -0.935. The van der Waals surface area contributed by atoms with E-state index in [1.165, 1.54) is 0 Å². The maximum absolute atomic E-state index is 13.6. The number of pyridine rings is 1. The molecule has 3 aliphatic rings. The zero-order chi connectivity index (χ0) is 27.8. The Morgan fingerprint density at radius 1 is 1.03 bits per heavy atom. The van der Waals surface area contributed by atoms with Crippen molar-refractivity contribution in [3.63, 3.8) is 0 Å². The van der Waals surface area contributed by atoms with Crippen LogP contribution in [0.4, 0.5) is 0 Å². The lowest BCUT2D eigenvalue weighted by Gasteiger charge is -2.27. The molecule has 3 amide bonds. The number of hydrogen-bond acceptors (Lipinski definition) is 8. The van der Waals surface area contributed by atoms with Crippen LogP contribution in [0, 0.1) is 5.92 Å². The third kappa shape index (κ3) is 8.55. The number of amides is 3. The number of ether oxygens (including phenoxy) is 2. The van der Waals surface area contributed by atoms with Crippen molar-refractivity contribution in [1.82, 2.24) is 25.8 Å². The average Bonchev–Trinajstić information content (AvgIpc) is 3.47. The Morgan fingerprint density at radius 3 is 2.31 bits per heavy atom. The van der Waals surface area contributed by atoms with Crippen LogP contribution in [0.2, 0.25) is 0 Å². The standard InChI is InChI=1S/C28H41N5O6/c1-19(30-24(34)17-33-11-13-38-14-12-33)26(36)32-23(16-21-7-9-29-10-8-21)27(37)31-22(15-20-5-3-4-6-20)25(35)28(2)18-39-28/h7-10,19-20,22-23H,3-6,11-18H2,1-2H3,(H,30,34)(H,31,37)(H,32,36). The van der Waals surface area contributed by atoms with Gasteiger partial charge in [-0.05, 0) is 43.9 Å². The van der Waals surface area contributed by atoms with E-state index in [2.05, 4.69) is 20.9 Å². The second-order valence-electron chi connectivity index (χ2n) is 11.1. The number of morpholine rings is 1. The summed E-state index contributed by atoms with van der Waals surface area (Å²) in [7, 11) is 0. The number of nitrogens with one attached hydrogen (secondary N) is 3. The van der Waals surface area contributed by atoms with E-state index in [-0.39, 0.29) is 24.7 Å². The van der Waals surface area contributed by atoms with Crippen molar-refractivity contribution in [2.75, 3.05) is 39.5 Å². The molecule has 39 heavy (non-hydrogen) atoms. The molecule has 1 aromatic rings. The van der Waals surface area contributed by atoms with Crippen LogP contribution >= 0.6 is 0 Å². The van der Waals surface area contributed by atoms with Crippen molar-refractivity contribution in [1.29, 1.82) is 0 Å². The van der Waals surface area contributed by atoms with E-state index in [1.54, 1.807) is 38.4 Å². The van der Waals surface area contributed by atoms with Crippen LogP contribution in [0.15, 0.2) is 24.5 Å². The summed E-state index contributed by atoms with van der Waals surface area (Å²) < 4.78 is 10.7. The van der Waals surface area contributed by atoms with Gasteiger partial charge in [0.05, 0.1) is 32.4 Å². The minimum Gasteiger partial charge on any atom is -0.379 e. The summed E-state index contributed by atoms with van der Waals surface area (Å²) in [5, 5.41) is 8.47. The van der Waals surface area contributed by atoms with Crippen molar-refractivity contribution >= 4 is 23.5 Å². The van der Waals surface area contributed by atoms with Crippen LogP contribution in [0.5, 0.6) is 0 Å². The number of Topliss-reactive ketones (excluding diaryl/α,β-unsaturated/α-hetero) is 1. The maximum atomic E-state index is 13.6. The molecule has 4 unspecified atom stereocenters. The van der Waals surface area contributed by atoms with Crippen LogP contribution in [0.25, 0.3) is 0 Å². The largest absolute Gasteiger partial charge is 0.379 e. The van der Waals surface area contributed by atoms with Crippen molar-refractivity contribution < 1.29 is 28.7 Å². The van der Waals surface area contributed by atoms with Crippen LogP contribution in [0.3, 0.4) is 0 Å². The van der Waals surface area contributed by atoms with Gasteiger partial charge in [-0.1, -0.05) is 25.7 Å². The fraction of sp³-hybridized carbons (Fsp3) is 0.679. The van der Waals surface area contributed by atoms with E-state index >= 15 is 0 Å². The number of carbonyl (C=O) groups is 4. The van der Waals surface area contributed by atoms with E-state index < -0.39 is 35.5 Å². The highest BCUT2D eigenvalue weighted by Crippen LogP contribution is 2.33. The molecule has 0 radical (unpaired) electrons. The Hall–Kier alpha value is -2.89. The van der Waals surface area contributed by atoms with Gasteiger partial charge in [-0.3, -0.25) is 29.1 Å². The van der Waals surface area contributed by atoms with Gasteiger partial charge < -0.3 is 25.4 Å². The number of rotatable bonds is 13. The van der Waals surface area contributed by atoms with Gasteiger partial charge >= 0.3 is 0 Å². The first-order valence-electron chi connectivity index (χ1n) is 14.0. The molecule has 0 bridgehead atoms. The third-order valence-corrected chi connectivity index (χ3v) is 7.84. The first-order chi connectivity index (χ1) is 18.7. The molecule has 3 fully saturated rings. The third-order valence-electron chi connectivity index (χ3n) is 7.84. The lowest BCUT2D eigenvalue weighted by atomic mass is 9.90. The number of epoxide rings is 1. The Kier molecular flexibility index (Phi) is 10.0. The monoisotopic (exact) mass is 543 g/mol. The summed E-state index contributed by atoms with van der Waals surface area (Å²) in [6, 6.07) is 1.09. The van der Waals surface area contributed by atoms with Crippen LogP contribution in [-0.2, 0) is 35.1 Å². The zero-order valence-corrected chi connectivity index (χ0v) is 22.9. The highest BCUT2D eigenvalue weighted by molar-refractivity contribution is 5.98. The molecule has 11 nitrogen and oxygen atoms in total. The number of carbonyl (C=O) groups excluding carboxylic acids is 4. The molecule has 1 aliphatic carbocycles. The molecule has 1 saturated carbocycles. The van der Waals surface area contributed by atoms with Gasteiger partial charge in [-0.25, -0.2) is 0 Å². The summed E-state index contributed by atoms with van der Waals surface area (Å²) in [6.07, 6.45) is 8.36. The van der Waals surface area contributed by atoms with Crippen molar-refractivity contribution in [2.24, 2.45) is 5.92 Å².